The molecule has 6 heteroatoms. The lowest BCUT2D eigenvalue weighted by molar-refractivity contribution is 0.392. The second kappa shape index (κ2) is 11.8. The fourth-order valence-corrected chi connectivity index (χ4v) is 2.06. The van der Waals surface area contributed by atoms with Gasteiger partial charge >= 0.3 is 0 Å². The van der Waals surface area contributed by atoms with E-state index in [2.05, 4.69) is 34.6 Å². The van der Waals surface area contributed by atoms with Gasteiger partial charge in [-0.25, -0.2) is 0 Å². The minimum absolute atomic E-state index is 0. The van der Waals surface area contributed by atoms with Gasteiger partial charge in [0.15, 0.2) is 5.96 Å². The first-order chi connectivity index (χ1) is 9.69. The highest BCUT2D eigenvalue weighted by atomic mass is 127. The number of nitrogens with zero attached hydrogens (tertiary/aromatic N) is 2. The van der Waals surface area contributed by atoms with Gasteiger partial charge in [0.05, 0.1) is 5.69 Å². The highest BCUT2D eigenvalue weighted by molar-refractivity contribution is 14.0. The van der Waals surface area contributed by atoms with Crippen LogP contribution in [0.15, 0.2) is 9.52 Å². The van der Waals surface area contributed by atoms with Crippen molar-refractivity contribution in [3.8, 4) is 0 Å². The zero-order chi connectivity index (χ0) is 14.8. The van der Waals surface area contributed by atoms with Crippen LogP contribution in [0.25, 0.3) is 0 Å². The lowest BCUT2D eigenvalue weighted by Crippen LogP contribution is -2.38. The Kier molecular flexibility index (Phi) is 11.4. The smallest absolute Gasteiger partial charge is 0.191 e. The Morgan fingerprint density at radius 3 is 2.52 bits per heavy atom. The molecule has 0 unspecified atom stereocenters. The molecule has 0 radical (unpaired) electrons. The fourth-order valence-electron chi connectivity index (χ4n) is 2.06. The number of aryl methyl sites for hydroxylation is 2. The van der Waals surface area contributed by atoms with Crippen LogP contribution >= 0.6 is 24.0 Å². The number of guanidine groups is 1. The van der Waals surface area contributed by atoms with Gasteiger partial charge in [-0.1, -0.05) is 24.9 Å². The third-order valence-corrected chi connectivity index (χ3v) is 3.22. The molecule has 1 heterocycles. The van der Waals surface area contributed by atoms with Gasteiger partial charge in [0, 0.05) is 25.2 Å². The average Bonchev–Trinajstić information content (AvgIpc) is 2.75. The van der Waals surface area contributed by atoms with Crippen molar-refractivity contribution in [2.45, 2.75) is 53.4 Å². The Morgan fingerprint density at radius 1 is 1.19 bits per heavy atom. The van der Waals surface area contributed by atoms with Gasteiger partial charge in [-0.3, -0.25) is 4.99 Å². The Balaban J connectivity index is 0.00000400. The van der Waals surface area contributed by atoms with E-state index in [-0.39, 0.29) is 24.0 Å². The van der Waals surface area contributed by atoms with Crippen LogP contribution in [0.1, 0.15) is 50.1 Å². The van der Waals surface area contributed by atoms with Crippen LogP contribution in [0.2, 0.25) is 0 Å². The number of rotatable bonds is 8. The van der Waals surface area contributed by atoms with Gasteiger partial charge < -0.3 is 15.2 Å². The highest BCUT2D eigenvalue weighted by Crippen LogP contribution is 2.11. The molecule has 1 aromatic rings. The van der Waals surface area contributed by atoms with Crippen molar-refractivity contribution in [1.82, 2.24) is 15.8 Å². The van der Waals surface area contributed by atoms with Crippen molar-refractivity contribution in [3.05, 3.63) is 17.0 Å². The fraction of sp³-hybridized carbons (Fsp3) is 0.733. The van der Waals surface area contributed by atoms with Crippen LogP contribution < -0.4 is 10.6 Å². The maximum atomic E-state index is 5.17. The van der Waals surface area contributed by atoms with Gasteiger partial charge in [-0.2, -0.15) is 0 Å². The largest absolute Gasteiger partial charge is 0.361 e. The van der Waals surface area contributed by atoms with E-state index in [9.17, 15) is 0 Å². The minimum Gasteiger partial charge on any atom is -0.361 e. The molecule has 21 heavy (non-hydrogen) atoms. The number of aromatic nitrogens is 1. The van der Waals surface area contributed by atoms with Gasteiger partial charge in [0.2, 0.25) is 0 Å². The quantitative estimate of drug-likeness (QED) is 0.300. The van der Waals surface area contributed by atoms with Crippen molar-refractivity contribution >= 4 is 29.9 Å². The van der Waals surface area contributed by atoms with E-state index in [1.54, 1.807) is 0 Å². The number of nitrogens with one attached hydrogen (secondary N) is 2. The van der Waals surface area contributed by atoms with E-state index in [0.717, 1.165) is 49.9 Å². The summed E-state index contributed by atoms with van der Waals surface area (Å²) in [5.41, 5.74) is 2.17. The predicted molar refractivity (Wildman–Crippen MR) is 98.6 cm³/mol. The molecule has 122 valence electrons. The van der Waals surface area contributed by atoms with E-state index in [1.807, 2.05) is 13.8 Å². The summed E-state index contributed by atoms with van der Waals surface area (Å²) in [5.74, 6) is 1.81. The Bertz CT molecular complexity index is 398. The summed E-state index contributed by atoms with van der Waals surface area (Å²) in [6, 6.07) is 0. The van der Waals surface area contributed by atoms with Crippen molar-refractivity contribution in [3.63, 3.8) is 0 Å². The van der Waals surface area contributed by atoms with Crippen molar-refractivity contribution in [1.29, 1.82) is 0 Å². The van der Waals surface area contributed by atoms with E-state index < -0.39 is 0 Å². The maximum Gasteiger partial charge on any atom is 0.191 e. The topological polar surface area (TPSA) is 62.5 Å². The molecule has 1 rings (SSSR count). The molecule has 0 bridgehead atoms. The molecule has 0 aromatic carbocycles. The van der Waals surface area contributed by atoms with E-state index in [1.165, 1.54) is 18.4 Å². The highest BCUT2D eigenvalue weighted by Gasteiger charge is 2.08. The van der Waals surface area contributed by atoms with Gasteiger partial charge in [0.1, 0.15) is 5.76 Å². The summed E-state index contributed by atoms with van der Waals surface area (Å²) in [5, 5.41) is 10.6. The van der Waals surface area contributed by atoms with Crippen molar-refractivity contribution < 1.29 is 4.52 Å². The molecule has 0 amide bonds. The van der Waals surface area contributed by atoms with E-state index >= 15 is 0 Å². The standard InChI is InChI=1S/C15H28N4O.HI/c1-5-7-8-10-17-15(16-6-2)18-11-9-14-12(3)19-20-13(14)4;/h5-11H2,1-4H3,(H2,16,17,18);1H. The van der Waals surface area contributed by atoms with Crippen LogP contribution in [0, 0.1) is 13.8 Å². The zero-order valence-corrected chi connectivity index (χ0v) is 16.0. The van der Waals surface area contributed by atoms with E-state index in [4.69, 9.17) is 4.52 Å². The molecule has 0 spiro atoms. The molecule has 5 nitrogen and oxygen atoms in total. The zero-order valence-electron chi connectivity index (χ0n) is 13.7. The summed E-state index contributed by atoms with van der Waals surface area (Å²) in [7, 11) is 0. The number of unbranched alkanes of at least 4 members (excludes halogenated alkanes) is 2. The van der Waals surface area contributed by atoms with Gasteiger partial charge in [0.25, 0.3) is 0 Å². The first-order valence-electron chi connectivity index (χ1n) is 7.63. The van der Waals surface area contributed by atoms with Crippen LogP contribution in [0.3, 0.4) is 0 Å². The summed E-state index contributed by atoms with van der Waals surface area (Å²) >= 11 is 0. The molecule has 0 aliphatic rings. The van der Waals surface area contributed by atoms with Crippen molar-refractivity contribution in [2.75, 3.05) is 19.6 Å². The Morgan fingerprint density at radius 2 is 1.95 bits per heavy atom. The molecule has 0 atom stereocenters. The summed E-state index contributed by atoms with van der Waals surface area (Å²) in [6.07, 6.45) is 4.52. The SMILES string of the molecule is CCCCCN=C(NCC)NCCc1c(C)noc1C.I. The number of hydrogen-bond donors (Lipinski definition) is 2. The molecule has 0 saturated heterocycles. The number of hydrogen-bond acceptors (Lipinski definition) is 3. The van der Waals surface area contributed by atoms with E-state index in [0.29, 0.717) is 0 Å². The van der Waals surface area contributed by atoms with Crippen LogP contribution in [0.5, 0.6) is 0 Å². The monoisotopic (exact) mass is 408 g/mol. The Hall–Kier alpha value is -0.790. The minimum atomic E-state index is 0. The third-order valence-electron chi connectivity index (χ3n) is 3.22. The summed E-state index contributed by atoms with van der Waals surface area (Å²) in [4.78, 5) is 4.57. The normalized spacial score (nSPS) is 11.1. The molecular weight excluding hydrogens is 379 g/mol. The van der Waals surface area contributed by atoms with Crippen LogP contribution in [-0.2, 0) is 6.42 Å². The maximum absolute atomic E-state index is 5.17. The average molecular weight is 408 g/mol. The number of halogens is 1. The van der Waals surface area contributed by atoms with Crippen LogP contribution in [-0.4, -0.2) is 30.8 Å². The van der Waals surface area contributed by atoms with Crippen LogP contribution in [0.4, 0.5) is 0 Å². The molecular formula is C15H29IN4O. The molecule has 1 aromatic heterocycles. The lowest BCUT2D eigenvalue weighted by atomic mass is 10.1. The molecule has 0 fully saturated rings. The first kappa shape index (κ1) is 20.2. The molecule has 0 aliphatic carbocycles. The third kappa shape index (κ3) is 7.68. The first-order valence-corrected chi connectivity index (χ1v) is 7.63. The van der Waals surface area contributed by atoms with Gasteiger partial charge in [-0.05, 0) is 33.6 Å². The second-order valence-electron chi connectivity index (χ2n) is 4.95. The summed E-state index contributed by atoms with van der Waals surface area (Å²) in [6.45, 7) is 10.8. The molecule has 2 N–H and O–H groups in total. The Labute approximate surface area is 145 Å². The summed E-state index contributed by atoms with van der Waals surface area (Å²) < 4.78 is 5.17. The number of aliphatic imine (C=N–C) groups is 1. The second-order valence-corrected chi connectivity index (χ2v) is 4.95. The van der Waals surface area contributed by atoms with Gasteiger partial charge in [-0.15, -0.1) is 24.0 Å². The predicted octanol–water partition coefficient (Wildman–Crippen LogP) is 3.20. The van der Waals surface area contributed by atoms with Crippen molar-refractivity contribution in [2.24, 2.45) is 4.99 Å². The molecule has 0 saturated carbocycles. The molecule has 0 aliphatic heterocycles. The lowest BCUT2D eigenvalue weighted by Gasteiger charge is -2.11.